The zero-order valence-electron chi connectivity index (χ0n) is 9.70. The Morgan fingerprint density at radius 2 is 2.00 bits per heavy atom. The highest BCUT2D eigenvalue weighted by Gasteiger charge is 2.12. The van der Waals surface area contributed by atoms with E-state index >= 15 is 0 Å². The smallest absolute Gasteiger partial charge is 0.162 e. The maximum Gasteiger partial charge on any atom is 0.162 e. The number of alkyl halides is 1. The number of aryl methyl sites for hydroxylation is 1. The van der Waals surface area contributed by atoms with Crippen LogP contribution in [0.15, 0.2) is 41.0 Å². The zero-order valence-corrected chi connectivity index (χ0v) is 11.3. The molecule has 1 aromatic heterocycles. The molecule has 96 valence electrons. The lowest BCUT2D eigenvalue weighted by Crippen LogP contribution is -2.06. The highest BCUT2D eigenvalue weighted by Crippen LogP contribution is 2.19. The Hall–Kier alpha value is -1.16. The van der Waals surface area contributed by atoms with E-state index in [1.807, 2.05) is 12.1 Å². The van der Waals surface area contributed by atoms with Gasteiger partial charge in [0, 0.05) is 11.2 Å². The Morgan fingerprint density at radius 3 is 2.72 bits per heavy atom. The van der Waals surface area contributed by atoms with Crippen molar-refractivity contribution in [3.05, 3.63) is 59.6 Å². The maximum absolute atomic E-state index is 13.5. The summed E-state index contributed by atoms with van der Waals surface area (Å²) in [5, 5.41) is 0. The number of halogens is 3. The van der Waals surface area contributed by atoms with Crippen molar-refractivity contribution in [1.82, 2.24) is 0 Å². The zero-order chi connectivity index (χ0) is 13.0. The van der Waals surface area contributed by atoms with Crippen molar-refractivity contribution in [2.24, 2.45) is 0 Å². The van der Waals surface area contributed by atoms with Gasteiger partial charge in [-0.25, -0.2) is 8.78 Å². The quantitative estimate of drug-likeness (QED) is 0.741. The SMILES string of the molecule is Fc1cccc(CC(Br)CCc2ccco2)c1F. The molecule has 0 spiro atoms. The van der Waals surface area contributed by atoms with Crippen LogP contribution < -0.4 is 0 Å². The summed E-state index contributed by atoms with van der Waals surface area (Å²) in [4.78, 5) is 0.0962. The van der Waals surface area contributed by atoms with Crippen LogP contribution >= 0.6 is 15.9 Å². The Balaban J connectivity index is 1.90. The first kappa shape index (κ1) is 13.3. The fourth-order valence-corrected chi connectivity index (χ4v) is 2.38. The third-order valence-corrected chi connectivity index (χ3v) is 3.54. The number of hydrogen-bond acceptors (Lipinski definition) is 1. The van der Waals surface area contributed by atoms with E-state index in [1.165, 1.54) is 6.07 Å². The number of benzene rings is 1. The molecule has 2 aromatic rings. The molecular formula is C14H13BrF2O. The summed E-state index contributed by atoms with van der Waals surface area (Å²) in [6, 6.07) is 8.01. The summed E-state index contributed by atoms with van der Waals surface area (Å²) in [6.07, 6.45) is 3.68. The van der Waals surface area contributed by atoms with E-state index in [-0.39, 0.29) is 4.83 Å². The summed E-state index contributed by atoms with van der Waals surface area (Å²) in [5.41, 5.74) is 0.399. The summed E-state index contributed by atoms with van der Waals surface area (Å²) >= 11 is 3.49. The predicted octanol–water partition coefficient (Wildman–Crippen LogP) is 4.50. The molecule has 1 atom stereocenters. The first-order chi connectivity index (χ1) is 8.66. The Kier molecular flexibility index (Phi) is 4.53. The second kappa shape index (κ2) is 6.14. The molecule has 18 heavy (non-hydrogen) atoms. The normalized spacial score (nSPS) is 12.6. The monoisotopic (exact) mass is 314 g/mol. The summed E-state index contributed by atoms with van der Waals surface area (Å²) in [6.45, 7) is 0. The van der Waals surface area contributed by atoms with Crippen LogP contribution in [0.25, 0.3) is 0 Å². The molecule has 0 aliphatic rings. The molecule has 1 aromatic carbocycles. The molecule has 0 aliphatic heterocycles. The van der Waals surface area contributed by atoms with E-state index in [2.05, 4.69) is 15.9 Å². The van der Waals surface area contributed by atoms with Gasteiger partial charge in [0.25, 0.3) is 0 Å². The first-order valence-corrected chi connectivity index (χ1v) is 6.67. The summed E-state index contributed by atoms with van der Waals surface area (Å²) in [5.74, 6) is -0.641. The lowest BCUT2D eigenvalue weighted by atomic mass is 10.1. The molecular weight excluding hydrogens is 302 g/mol. The van der Waals surface area contributed by atoms with Crippen molar-refractivity contribution in [2.75, 3.05) is 0 Å². The standard InChI is InChI=1S/C14H13BrF2O/c15-11(6-7-12-4-2-8-18-12)9-10-3-1-5-13(16)14(10)17/h1-5,8,11H,6-7,9H2. The number of hydrogen-bond donors (Lipinski definition) is 0. The highest BCUT2D eigenvalue weighted by molar-refractivity contribution is 9.09. The van der Waals surface area contributed by atoms with Gasteiger partial charge in [-0.05, 0) is 36.6 Å². The van der Waals surface area contributed by atoms with E-state index < -0.39 is 11.6 Å². The number of rotatable bonds is 5. The van der Waals surface area contributed by atoms with E-state index in [1.54, 1.807) is 12.3 Å². The van der Waals surface area contributed by atoms with E-state index in [9.17, 15) is 8.78 Å². The third kappa shape index (κ3) is 3.42. The average molecular weight is 315 g/mol. The van der Waals surface area contributed by atoms with Gasteiger partial charge in [-0.2, -0.15) is 0 Å². The van der Waals surface area contributed by atoms with Gasteiger partial charge >= 0.3 is 0 Å². The van der Waals surface area contributed by atoms with Gasteiger partial charge in [0.1, 0.15) is 5.76 Å². The Labute approximate surface area is 113 Å². The van der Waals surface area contributed by atoms with Crippen molar-refractivity contribution in [1.29, 1.82) is 0 Å². The molecule has 2 rings (SSSR count). The molecule has 1 heterocycles. The second-order valence-corrected chi connectivity index (χ2v) is 5.43. The first-order valence-electron chi connectivity index (χ1n) is 5.76. The fourth-order valence-electron chi connectivity index (χ4n) is 1.80. The van der Waals surface area contributed by atoms with Gasteiger partial charge in [0.2, 0.25) is 0 Å². The van der Waals surface area contributed by atoms with Gasteiger partial charge in [-0.15, -0.1) is 0 Å². The molecule has 0 amide bonds. The van der Waals surface area contributed by atoms with Crippen molar-refractivity contribution >= 4 is 15.9 Å². The van der Waals surface area contributed by atoms with Crippen LogP contribution in [-0.4, -0.2) is 4.83 Å². The lowest BCUT2D eigenvalue weighted by Gasteiger charge is -2.10. The molecule has 1 nitrogen and oxygen atoms in total. The molecule has 0 N–H and O–H groups in total. The summed E-state index contributed by atoms with van der Waals surface area (Å²) < 4.78 is 31.7. The molecule has 0 radical (unpaired) electrons. The molecule has 0 saturated heterocycles. The van der Waals surface area contributed by atoms with Gasteiger partial charge in [0.05, 0.1) is 6.26 Å². The van der Waals surface area contributed by atoms with E-state index in [0.717, 1.165) is 24.7 Å². The molecule has 0 aliphatic carbocycles. The van der Waals surface area contributed by atoms with Crippen LogP contribution in [0.1, 0.15) is 17.7 Å². The van der Waals surface area contributed by atoms with Crippen LogP contribution in [0.4, 0.5) is 8.78 Å². The van der Waals surface area contributed by atoms with Crippen molar-refractivity contribution in [2.45, 2.75) is 24.1 Å². The Morgan fingerprint density at radius 1 is 1.17 bits per heavy atom. The predicted molar refractivity (Wildman–Crippen MR) is 69.8 cm³/mol. The van der Waals surface area contributed by atoms with Crippen LogP contribution in [0.2, 0.25) is 0 Å². The lowest BCUT2D eigenvalue weighted by molar-refractivity contribution is 0.490. The molecule has 0 bridgehead atoms. The Bertz CT molecular complexity index is 497. The largest absolute Gasteiger partial charge is 0.469 e. The van der Waals surface area contributed by atoms with Gasteiger partial charge in [-0.3, -0.25) is 0 Å². The minimum Gasteiger partial charge on any atom is -0.469 e. The average Bonchev–Trinajstić information content (AvgIpc) is 2.86. The highest BCUT2D eigenvalue weighted by atomic mass is 79.9. The minimum absolute atomic E-state index is 0.0962. The number of furan rings is 1. The van der Waals surface area contributed by atoms with E-state index in [0.29, 0.717) is 12.0 Å². The molecule has 0 saturated carbocycles. The van der Waals surface area contributed by atoms with Crippen LogP contribution in [0.5, 0.6) is 0 Å². The molecule has 1 unspecified atom stereocenters. The van der Waals surface area contributed by atoms with Gasteiger partial charge in [-0.1, -0.05) is 28.1 Å². The van der Waals surface area contributed by atoms with Crippen LogP contribution in [0.3, 0.4) is 0 Å². The maximum atomic E-state index is 13.5. The van der Waals surface area contributed by atoms with Gasteiger partial charge in [0.15, 0.2) is 11.6 Å². The van der Waals surface area contributed by atoms with Crippen molar-refractivity contribution in [3.63, 3.8) is 0 Å². The van der Waals surface area contributed by atoms with Gasteiger partial charge < -0.3 is 4.42 Å². The molecule has 0 fully saturated rings. The molecule has 4 heteroatoms. The fraction of sp³-hybridized carbons (Fsp3) is 0.286. The summed E-state index contributed by atoms with van der Waals surface area (Å²) in [7, 11) is 0. The second-order valence-electron chi connectivity index (χ2n) is 4.13. The van der Waals surface area contributed by atoms with E-state index in [4.69, 9.17) is 4.42 Å². The topological polar surface area (TPSA) is 13.1 Å². The van der Waals surface area contributed by atoms with Crippen molar-refractivity contribution < 1.29 is 13.2 Å². The minimum atomic E-state index is -0.793. The van der Waals surface area contributed by atoms with Crippen molar-refractivity contribution in [3.8, 4) is 0 Å². The third-order valence-electron chi connectivity index (χ3n) is 2.76. The van der Waals surface area contributed by atoms with Crippen LogP contribution in [-0.2, 0) is 12.8 Å². The van der Waals surface area contributed by atoms with Crippen LogP contribution in [0, 0.1) is 11.6 Å².